The molecule has 22 heavy (non-hydrogen) atoms. The fraction of sp³-hybridized carbons (Fsp3) is 0.500. The number of carbonyl (C=O) groups is 2. The molecular weight excluding hydrogens is 306 g/mol. The lowest BCUT2D eigenvalue weighted by Gasteiger charge is -2.27. The van der Waals surface area contributed by atoms with Crippen LogP contribution < -0.4 is 10.1 Å². The van der Waals surface area contributed by atoms with Gasteiger partial charge in [-0.3, -0.25) is 9.59 Å². The summed E-state index contributed by atoms with van der Waals surface area (Å²) in [5, 5.41) is 12.7. The highest BCUT2D eigenvalue weighted by atomic mass is 35.5. The van der Waals surface area contributed by atoms with Gasteiger partial charge in [0.2, 0.25) is 0 Å². The van der Waals surface area contributed by atoms with Crippen LogP contribution in [0.1, 0.15) is 32.3 Å². The van der Waals surface area contributed by atoms with Gasteiger partial charge in [-0.1, -0.05) is 25.4 Å². The van der Waals surface area contributed by atoms with Gasteiger partial charge in [0.15, 0.2) is 6.10 Å². The van der Waals surface area contributed by atoms with Gasteiger partial charge < -0.3 is 15.2 Å². The predicted molar refractivity (Wildman–Crippen MR) is 83.2 cm³/mol. The Kier molecular flexibility index (Phi) is 4.96. The lowest BCUT2D eigenvalue weighted by molar-refractivity contribution is -0.149. The van der Waals surface area contributed by atoms with Crippen molar-refractivity contribution >= 4 is 23.5 Å². The Bertz CT molecular complexity index is 584. The molecule has 1 aromatic rings. The zero-order chi connectivity index (χ0) is 16.3. The lowest BCUT2D eigenvalue weighted by atomic mass is 9.82. The summed E-state index contributed by atoms with van der Waals surface area (Å²) in [6.45, 7) is 3.73. The zero-order valence-corrected chi connectivity index (χ0v) is 13.4. The normalized spacial score (nSPS) is 16.8. The van der Waals surface area contributed by atoms with E-state index in [0.29, 0.717) is 30.0 Å². The molecular formula is C16H20ClNO4. The average Bonchev–Trinajstić information content (AvgIpc) is 2.91. The number of amides is 1. The molecule has 1 aromatic carbocycles. The van der Waals surface area contributed by atoms with E-state index in [1.165, 1.54) is 0 Å². The minimum Gasteiger partial charge on any atom is -0.481 e. The van der Waals surface area contributed by atoms with Gasteiger partial charge in [-0.2, -0.15) is 0 Å². The fourth-order valence-corrected chi connectivity index (χ4v) is 2.81. The molecule has 1 aliphatic heterocycles. The van der Waals surface area contributed by atoms with Crippen LogP contribution in [0.4, 0.5) is 0 Å². The number of halogens is 1. The van der Waals surface area contributed by atoms with Gasteiger partial charge in [0.1, 0.15) is 5.75 Å². The van der Waals surface area contributed by atoms with Crippen LogP contribution in [0.3, 0.4) is 0 Å². The van der Waals surface area contributed by atoms with Crippen LogP contribution in [0.2, 0.25) is 5.02 Å². The number of carboxylic acids is 1. The third-order valence-electron chi connectivity index (χ3n) is 4.40. The lowest BCUT2D eigenvalue weighted by Crippen LogP contribution is -2.46. The molecule has 2 rings (SSSR count). The van der Waals surface area contributed by atoms with Crippen molar-refractivity contribution < 1.29 is 19.4 Å². The van der Waals surface area contributed by atoms with E-state index in [1.54, 1.807) is 18.2 Å². The van der Waals surface area contributed by atoms with Crippen LogP contribution >= 0.6 is 11.6 Å². The molecule has 0 saturated carbocycles. The molecule has 1 unspecified atom stereocenters. The van der Waals surface area contributed by atoms with Crippen LogP contribution in [0.15, 0.2) is 18.2 Å². The fourth-order valence-electron chi connectivity index (χ4n) is 2.61. The highest BCUT2D eigenvalue weighted by Gasteiger charge is 2.37. The van der Waals surface area contributed by atoms with Crippen molar-refractivity contribution in [2.75, 3.05) is 6.54 Å². The quantitative estimate of drug-likeness (QED) is 0.843. The average molecular weight is 326 g/mol. The molecule has 6 heteroatoms. The second kappa shape index (κ2) is 6.57. The Hall–Kier alpha value is -1.75. The van der Waals surface area contributed by atoms with Gasteiger partial charge in [-0.15, -0.1) is 0 Å². The molecule has 2 N–H and O–H groups in total. The highest BCUT2D eigenvalue weighted by Crippen LogP contribution is 2.31. The molecule has 1 amide bonds. The van der Waals surface area contributed by atoms with E-state index >= 15 is 0 Å². The number of rotatable bonds is 6. The summed E-state index contributed by atoms with van der Waals surface area (Å²) in [6.07, 6.45) is 0.731. The minimum absolute atomic E-state index is 0.102. The van der Waals surface area contributed by atoms with E-state index in [9.17, 15) is 14.7 Å². The van der Waals surface area contributed by atoms with Crippen molar-refractivity contribution in [1.29, 1.82) is 0 Å². The molecule has 5 nitrogen and oxygen atoms in total. The zero-order valence-electron chi connectivity index (χ0n) is 12.7. The number of nitrogens with one attached hydrogen (secondary N) is 1. The Labute approximate surface area is 134 Å². The molecule has 0 spiro atoms. The summed E-state index contributed by atoms with van der Waals surface area (Å²) in [6, 6.07) is 5.23. The molecule has 0 bridgehead atoms. The number of hydrogen-bond acceptors (Lipinski definition) is 3. The first kappa shape index (κ1) is 16.6. The van der Waals surface area contributed by atoms with Gasteiger partial charge in [-0.05, 0) is 36.6 Å². The van der Waals surface area contributed by atoms with Crippen LogP contribution in [-0.4, -0.2) is 29.6 Å². The van der Waals surface area contributed by atoms with Crippen molar-refractivity contribution in [1.82, 2.24) is 5.32 Å². The molecule has 0 fully saturated rings. The van der Waals surface area contributed by atoms with Crippen LogP contribution in [0.25, 0.3) is 0 Å². The third kappa shape index (κ3) is 3.19. The second-order valence-electron chi connectivity index (χ2n) is 5.57. The van der Waals surface area contributed by atoms with Crippen LogP contribution in [-0.2, 0) is 16.0 Å². The maximum absolute atomic E-state index is 12.2. The monoisotopic (exact) mass is 325 g/mol. The molecule has 0 saturated heterocycles. The van der Waals surface area contributed by atoms with E-state index in [4.69, 9.17) is 16.3 Å². The van der Waals surface area contributed by atoms with Gasteiger partial charge in [0, 0.05) is 18.0 Å². The number of fused-ring (bicyclic) bond motifs is 1. The summed E-state index contributed by atoms with van der Waals surface area (Å²) >= 11 is 5.92. The van der Waals surface area contributed by atoms with Gasteiger partial charge in [0.25, 0.3) is 5.91 Å². The standard InChI is InChI=1S/C16H20ClNO4/c1-3-16(4-2,15(20)21)9-18-14(19)13-8-10-7-11(17)5-6-12(10)22-13/h5-7,13H,3-4,8-9H2,1-2H3,(H,18,19)(H,20,21). The minimum atomic E-state index is -0.926. The van der Waals surface area contributed by atoms with Crippen molar-refractivity contribution in [2.45, 2.75) is 39.2 Å². The number of carboxylic acid groups (broad SMARTS) is 1. The van der Waals surface area contributed by atoms with Crippen molar-refractivity contribution in [3.8, 4) is 5.75 Å². The Balaban J connectivity index is 1.98. The van der Waals surface area contributed by atoms with Crippen molar-refractivity contribution in [3.63, 3.8) is 0 Å². The molecule has 1 atom stereocenters. The molecule has 1 aliphatic rings. The summed E-state index contributed by atoms with van der Waals surface area (Å²) in [4.78, 5) is 23.7. The smallest absolute Gasteiger partial charge is 0.311 e. The SMILES string of the molecule is CCC(CC)(CNC(=O)C1Cc2cc(Cl)ccc2O1)C(=O)O. The van der Waals surface area contributed by atoms with E-state index < -0.39 is 17.5 Å². The number of benzene rings is 1. The van der Waals surface area contributed by atoms with Crippen molar-refractivity contribution in [3.05, 3.63) is 28.8 Å². The molecule has 0 aliphatic carbocycles. The maximum atomic E-state index is 12.2. The van der Waals surface area contributed by atoms with Crippen LogP contribution in [0.5, 0.6) is 5.75 Å². The highest BCUT2D eigenvalue weighted by molar-refractivity contribution is 6.30. The van der Waals surface area contributed by atoms with E-state index in [1.807, 2.05) is 13.8 Å². The largest absolute Gasteiger partial charge is 0.481 e. The van der Waals surface area contributed by atoms with Crippen LogP contribution in [0, 0.1) is 5.41 Å². The van der Waals surface area contributed by atoms with Gasteiger partial charge >= 0.3 is 5.97 Å². The molecule has 0 aromatic heterocycles. The van der Waals surface area contributed by atoms with Gasteiger partial charge in [-0.25, -0.2) is 0 Å². The van der Waals surface area contributed by atoms with Gasteiger partial charge in [0.05, 0.1) is 5.41 Å². The van der Waals surface area contributed by atoms with Crippen molar-refractivity contribution in [2.24, 2.45) is 5.41 Å². The first-order valence-corrected chi connectivity index (χ1v) is 7.76. The Morgan fingerprint density at radius 3 is 2.68 bits per heavy atom. The summed E-state index contributed by atoms with van der Waals surface area (Å²) in [5.74, 6) is -0.528. The molecule has 0 radical (unpaired) electrons. The summed E-state index contributed by atoms with van der Waals surface area (Å²) in [7, 11) is 0. The summed E-state index contributed by atoms with van der Waals surface area (Å²) in [5.41, 5.74) is -0.0344. The van der Waals surface area contributed by atoms with E-state index in [0.717, 1.165) is 5.56 Å². The molecule has 120 valence electrons. The number of hydrogen-bond donors (Lipinski definition) is 2. The number of carbonyl (C=O) groups excluding carboxylic acids is 1. The number of aliphatic carboxylic acids is 1. The van der Waals surface area contributed by atoms with E-state index in [2.05, 4.69) is 5.32 Å². The predicted octanol–water partition coefficient (Wildman–Crippen LogP) is 2.65. The maximum Gasteiger partial charge on any atom is 0.311 e. The first-order valence-electron chi connectivity index (χ1n) is 7.38. The Morgan fingerprint density at radius 1 is 1.41 bits per heavy atom. The third-order valence-corrected chi connectivity index (χ3v) is 4.63. The topological polar surface area (TPSA) is 75.6 Å². The van der Waals surface area contributed by atoms with E-state index in [-0.39, 0.29) is 12.5 Å². The second-order valence-corrected chi connectivity index (χ2v) is 6.01. The molecule has 1 heterocycles. The Morgan fingerprint density at radius 2 is 2.09 bits per heavy atom. The number of ether oxygens (including phenoxy) is 1. The summed E-state index contributed by atoms with van der Waals surface area (Å²) < 4.78 is 5.60. The first-order chi connectivity index (χ1) is 10.4.